The van der Waals surface area contributed by atoms with Crippen LogP contribution in [-0.2, 0) is 4.79 Å². The number of aliphatic carboxylic acids is 1. The monoisotopic (exact) mass is 436 g/mol. The topological polar surface area (TPSA) is 106 Å². The van der Waals surface area contributed by atoms with Crippen LogP contribution in [0, 0.1) is 6.92 Å². The summed E-state index contributed by atoms with van der Waals surface area (Å²) in [6.07, 6.45) is -2.26. The summed E-state index contributed by atoms with van der Waals surface area (Å²) in [5.74, 6) is -1.15. The van der Waals surface area contributed by atoms with Crippen molar-refractivity contribution in [3.63, 3.8) is 0 Å². The molecule has 164 valence electrons. The molecule has 2 aromatic heterocycles. The van der Waals surface area contributed by atoms with Gasteiger partial charge in [-0.3, -0.25) is 4.98 Å². The van der Waals surface area contributed by atoms with Crippen LogP contribution >= 0.6 is 0 Å². The van der Waals surface area contributed by atoms with Crippen LogP contribution in [0.2, 0.25) is 0 Å². The fraction of sp³-hybridized carbons (Fsp3) is 0.316. The molecule has 31 heavy (non-hydrogen) atoms. The molecule has 9 nitrogen and oxygen atoms in total. The molecule has 0 bridgehead atoms. The fourth-order valence-electron chi connectivity index (χ4n) is 2.91. The van der Waals surface area contributed by atoms with Crippen molar-refractivity contribution in [1.29, 1.82) is 0 Å². The zero-order valence-corrected chi connectivity index (χ0v) is 16.4. The molecule has 4 rings (SSSR count). The van der Waals surface area contributed by atoms with E-state index in [9.17, 15) is 13.2 Å². The van der Waals surface area contributed by atoms with E-state index in [-0.39, 0.29) is 6.10 Å². The first-order valence-electron chi connectivity index (χ1n) is 9.22. The third-order valence-electron chi connectivity index (χ3n) is 4.30. The van der Waals surface area contributed by atoms with Crippen molar-refractivity contribution in [2.45, 2.75) is 25.6 Å². The van der Waals surface area contributed by atoms with Crippen LogP contribution in [-0.4, -0.2) is 61.6 Å². The number of tetrazole rings is 1. The number of anilines is 1. The van der Waals surface area contributed by atoms with Crippen LogP contribution in [0.5, 0.6) is 5.75 Å². The number of benzene rings is 1. The van der Waals surface area contributed by atoms with Gasteiger partial charge in [-0.2, -0.15) is 17.9 Å². The number of pyridine rings is 1. The van der Waals surface area contributed by atoms with E-state index in [2.05, 4.69) is 25.4 Å². The maximum atomic E-state index is 10.6. The van der Waals surface area contributed by atoms with E-state index in [0.717, 1.165) is 42.6 Å². The van der Waals surface area contributed by atoms with Gasteiger partial charge in [0.1, 0.15) is 11.9 Å². The largest absolute Gasteiger partial charge is 0.490 e. The number of alkyl halides is 3. The molecule has 1 aromatic carbocycles. The average Bonchev–Trinajstić information content (AvgIpc) is 3.38. The van der Waals surface area contributed by atoms with Crippen molar-refractivity contribution in [3.8, 4) is 11.4 Å². The van der Waals surface area contributed by atoms with Crippen LogP contribution in [0.1, 0.15) is 12.1 Å². The van der Waals surface area contributed by atoms with Crippen molar-refractivity contribution in [3.05, 3.63) is 54.4 Å². The lowest BCUT2D eigenvalue weighted by atomic mass is 10.3. The summed E-state index contributed by atoms with van der Waals surface area (Å²) >= 11 is 0. The van der Waals surface area contributed by atoms with Crippen LogP contribution in [0.15, 0.2) is 48.7 Å². The van der Waals surface area contributed by atoms with E-state index in [4.69, 9.17) is 14.6 Å². The molecule has 0 spiro atoms. The summed E-state index contributed by atoms with van der Waals surface area (Å²) in [6, 6.07) is 13.8. The van der Waals surface area contributed by atoms with Crippen molar-refractivity contribution in [2.24, 2.45) is 0 Å². The highest BCUT2D eigenvalue weighted by Crippen LogP contribution is 2.23. The molecule has 0 aliphatic carbocycles. The zero-order valence-electron chi connectivity index (χ0n) is 16.4. The summed E-state index contributed by atoms with van der Waals surface area (Å²) in [6.45, 7) is 3.58. The lowest BCUT2D eigenvalue weighted by molar-refractivity contribution is -0.192. The van der Waals surface area contributed by atoms with Crippen molar-refractivity contribution in [2.75, 3.05) is 18.0 Å². The number of carboxylic acids is 1. The first-order chi connectivity index (χ1) is 14.7. The molecule has 0 radical (unpaired) electrons. The van der Waals surface area contributed by atoms with Crippen LogP contribution in [0.4, 0.5) is 19.1 Å². The smallest absolute Gasteiger partial charge is 0.488 e. The van der Waals surface area contributed by atoms with Gasteiger partial charge in [0.2, 0.25) is 5.95 Å². The van der Waals surface area contributed by atoms with Crippen LogP contribution < -0.4 is 9.64 Å². The first-order valence-corrected chi connectivity index (χ1v) is 9.22. The summed E-state index contributed by atoms with van der Waals surface area (Å²) < 4.78 is 39.6. The Kier molecular flexibility index (Phi) is 6.68. The van der Waals surface area contributed by atoms with Gasteiger partial charge in [-0.15, -0.1) is 0 Å². The Hall–Kier alpha value is -3.70. The van der Waals surface area contributed by atoms with E-state index in [0.29, 0.717) is 0 Å². The lowest BCUT2D eigenvalue weighted by Gasteiger charge is -2.17. The summed E-state index contributed by atoms with van der Waals surface area (Å²) in [7, 11) is 0. The molecule has 12 heteroatoms. The van der Waals surface area contributed by atoms with Gasteiger partial charge in [-0.25, -0.2) is 4.79 Å². The summed E-state index contributed by atoms with van der Waals surface area (Å²) in [5, 5.41) is 19.3. The molecule has 1 aliphatic rings. The molecule has 1 saturated heterocycles. The molecule has 1 fully saturated rings. The molecule has 3 aromatic rings. The Morgan fingerprint density at radius 1 is 1.23 bits per heavy atom. The predicted molar refractivity (Wildman–Crippen MR) is 103 cm³/mol. The third kappa shape index (κ3) is 5.90. The van der Waals surface area contributed by atoms with Crippen molar-refractivity contribution >= 4 is 11.9 Å². The van der Waals surface area contributed by atoms with Gasteiger partial charge in [-0.1, -0.05) is 23.3 Å². The Balaban J connectivity index is 0.000000339. The molecule has 3 heterocycles. The summed E-state index contributed by atoms with van der Waals surface area (Å²) in [4.78, 5) is 15.2. The minimum atomic E-state index is -5.08. The zero-order chi connectivity index (χ0) is 22.4. The second-order valence-electron chi connectivity index (χ2n) is 6.64. The maximum Gasteiger partial charge on any atom is 0.490 e. The molecule has 0 amide bonds. The molecule has 1 N–H and O–H groups in total. The number of carbonyl (C=O) groups is 1. The van der Waals surface area contributed by atoms with Gasteiger partial charge in [0, 0.05) is 30.9 Å². The predicted octanol–water partition coefficient (Wildman–Crippen LogP) is 2.66. The molecular weight excluding hydrogens is 417 g/mol. The fourth-order valence-corrected chi connectivity index (χ4v) is 2.91. The Morgan fingerprint density at radius 3 is 2.58 bits per heavy atom. The van der Waals surface area contributed by atoms with Gasteiger partial charge in [-0.05, 0) is 35.5 Å². The number of halogens is 3. The second kappa shape index (κ2) is 9.41. The molecule has 1 unspecified atom stereocenters. The van der Waals surface area contributed by atoms with E-state index in [1.54, 1.807) is 10.9 Å². The van der Waals surface area contributed by atoms with Crippen LogP contribution in [0.25, 0.3) is 5.69 Å². The number of hydrogen-bond acceptors (Lipinski definition) is 7. The molecule has 0 saturated carbocycles. The summed E-state index contributed by atoms with van der Waals surface area (Å²) in [5.41, 5.74) is 1.90. The Labute approximate surface area is 175 Å². The number of carboxylic acid groups (broad SMARTS) is 1. The van der Waals surface area contributed by atoms with Gasteiger partial charge in [0.05, 0.1) is 12.2 Å². The quantitative estimate of drug-likeness (QED) is 0.665. The van der Waals surface area contributed by atoms with Crippen molar-refractivity contribution < 1.29 is 27.8 Å². The molecular formula is C19H19F3N6O3. The van der Waals surface area contributed by atoms with E-state index < -0.39 is 12.1 Å². The molecule has 1 atom stereocenters. The second-order valence-corrected chi connectivity index (χ2v) is 6.64. The number of aromatic nitrogens is 5. The number of nitrogens with zero attached hydrogens (tertiary/aromatic N) is 6. The number of aryl methyl sites for hydroxylation is 1. The van der Waals surface area contributed by atoms with Gasteiger partial charge in [0.15, 0.2) is 0 Å². The van der Waals surface area contributed by atoms with E-state index in [1.807, 2.05) is 49.4 Å². The average molecular weight is 436 g/mol. The van der Waals surface area contributed by atoms with E-state index >= 15 is 0 Å². The van der Waals surface area contributed by atoms with Gasteiger partial charge >= 0.3 is 12.1 Å². The lowest BCUT2D eigenvalue weighted by Crippen LogP contribution is -2.27. The highest BCUT2D eigenvalue weighted by molar-refractivity contribution is 5.73. The highest BCUT2D eigenvalue weighted by atomic mass is 19.4. The number of ether oxygens (including phenoxy) is 1. The number of hydrogen-bond donors (Lipinski definition) is 1. The maximum absolute atomic E-state index is 10.6. The number of para-hydroxylation sites is 1. The Morgan fingerprint density at radius 2 is 1.94 bits per heavy atom. The highest BCUT2D eigenvalue weighted by Gasteiger charge is 2.38. The van der Waals surface area contributed by atoms with Gasteiger partial charge < -0.3 is 14.7 Å². The van der Waals surface area contributed by atoms with Crippen molar-refractivity contribution in [1.82, 2.24) is 25.2 Å². The number of rotatable bonds is 4. The first kappa shape index (κ1) is 22.0. The van der Waals surface area contributed by atoms with E-state index in [1.165, 1.54) is 0 Å². The van der Waals surface area contributed by atoms with Crippen LogP contribution in [0.3, 0.4) is 0 Å². The minimum Gasteiger partial charge on any atom is -0.488 e. The minimum absolute atomic E-state index is 0.118. The van der Waals surface area contributed by atoms with Gasteiger partial charge in [0.25, 0.3) is 0 Å². The standard InChI is InChI=1S/C17H18N6O.C2HF3O2/c1-13-11-15(7-9-18-13)24-16-8-10-22(12-16)17-19-20-21-23(17)14-5-3-2-4-6-14;3-2(4,5)1(6)7/h2-7,9,11,16H,8,10,12H2,1H3;(H,6,7). The SMILES string of the molecule is Cc1cc(OC2CCN(c3nnnn3-c3ccccc3)C2)ccn1.O=C(O)C(F)(F)F. The third-order valence-corrected chi connectivity index (χ3v) is 4.30. The normalized spacial score (nSPS) is 15.9. The molecule has 1 aliphatic heterocycles. The Bertz CT molecular complexity index is 1010.